The van der Waals surface area contributed by atoms with Gasteiger partial charge in [-0.15, -0.1) is 0 Å². The lowest BCUT2D eigenvalue weighted by Gasteiger charge is -2.06. The first-order chi connectivity index (χ1) is 7.15. The topological polar surface area (TPSA) is 17.8 Å². The molecule has 2 nitrogen and oxygen atoms in total. The van der Waals surface area contributed by atoms with Crippen LogP contribution >= 0.6 is 11.6 Å². The zero-order valence-corrected chi connectivity index (χ0v) is 9.62. The number of aryl methyl sites for hydroxylation is 2. The third kappa shape index (κ3) is 2.39. The molecule has 0 fully saturated rings. The summed E-state index contributed by atoms with van der Waals surface area (Å²) >= 11 is 5.96. The van der Waals surface area contributed by atoms with Crippen LogP contribution in [0.3, 0.4) is 0 Å². The highest BCUT2D eigenvalue weighted by molar-refractivity contribution is 6.30. The van der Waals surface area contributed by atoms with Gasteiger partial charge in [0.2, 0.25) is 0 Å². The molecule has 0 N–H and O–H groups in total. The fourth-order valence-corrected chi connectivity index (χ4v) is 1.73. The molecule has 0 bridgehead atoms. The van der Waals surface area contributed by atoms with Crippen molar-refractivity contribution in [2.45, 2.75) is 20.4 Å². The van der Waals surface area contributed by atoms with Crippen LogP contribution in [0, 0.1) is 13.8 Å². The summed E-state index contributed by atoms with van der Waals surface area (Å²) in [5.74, 6) is 0. The molecule has 0 unspecified atom stereocenters. The number of hydrogen-bond donors (Lipinski definition) is 0. The number of aromatic nitrogens is 2. The second-order valence-corrected chi connectivity index (χ2v) is 4.16. The van der Waals surface area contributed by atoms with Crippen molar-refractivity contribution in [2.75, 3.05) is 0 Å². The molecule has 2 rings (SSSR count). The van der Waals surface area contributed by atoms with Crippen molar-refractivity contribution in [1.29, 1.82) is 0 Å². The predicted molar refractivity (Wildman–Crippen MR) is 62.3 cm³/mol. The Labute approximate surface area is 94.5 Å². The fraction of sp³-hybridized carbons (Fsp3) is 0.250. The van der Waals surface area contributed by atoms with Crippen LogP contribution in [-0.4, -0.2) is 9.78 Å². The van der Waals surface area contributed by atoms with Gasteiger partial charge in [0.15, 0.2) is 0 Å². The van der Waals surface area contributed by atoms with Gasteiger partial charge in [0.25, 0.3) is 0 Å². The van der Waals surface area contributed by atoms with E-state index in [1.807, 2.05) is 42.1 Å². The summed E-state index contributed by atoms with van der Waals surface area (Å²) in [5.41, 5.74) is 3.49. The van der Waals surface area contributed by atoms with Crippen LogP contribution in [0.4, 0.5) is 0 Å². The number of halogens is 1. The molecule has 1 aromatic carbocycles. The van der Waals surface area contributed by atoms with Gasteiger partial charge in [-0.2, -0.15) is 5.10 Å². The van der Waals surface area contributed by atoms with Crippen LogP contribution in [-0.2, 0) is 6.54 Å². The van der Waals surface area contributed by atoms with Crippen LogP contribution in [0.5, 0.6) is 0 Å². The summed E-state index contributed by atoms with van der Waals surface area (Å²) in [6, 6.07) is 7.94. The lowest BCUT2D eigenvalue weighted by Crippen LogP contribution is -2.02. The van der Waals surface area contributed by atoms with E-state index in [1.165, 1.54) is 11.1 Å². The Bertz CT molecular complexity index is 474. The highest BCUT2D eigenvalue weighted by Crippen LogP contribution is 2.16. The van der Waals surface area contributed by atoms with Crippen molar-refractivity contribution >= 4 is 11.6 Å². The van der Waals surface area contributed by atoms with Gasteiger partial charge in [-0.1, -0.05) is 17.7 Å². The van der Waals surface area contributed by atoms with Gasteiger partial charge in [-0.25, -0.2) is 0 Å². The summed E-state index contributed by atoms with van der Waals surface area (Å²) in [4.78, 5) is 0. The standard InChI is InChI=1S/C12H13ClN2/c1-9-3-4-12(13)7-11(9)8-15-6-5-10(2)14-15/h3-7H,8H2,1-2H3. The van der Waals surface area contributed by atoms with E-state index in [1.54, 1.807) is 0 Å². The molecule has 1 aromatic heterocycles. The SMILES string of the molecule is Cc1ccn(Cc2cc(Cl)ccc2C)n1. The van der Waals surface area contributed by atoms with Crippen LogP contribution in [0.25, 0.3) is 0 Å². The first kappa shape index (κ1) is 10.2. The van der Waals surface area contributed by atoms with Crippen LogP contribution in [0.2, 0.25) is 5.02 Å². The summed E-state index contributed by atoms with van der Waals surface area (Å²) in [7, 11) is 0. The van der Waals surface area contributed by atoms with E-state index < -0.39 is 0 Å². The Morgan fingerprint density at radius 1 is 1.27 bits per heavy atom. The average molecular weight is 221 g/mol. The first-order valence-corrected chi connectivity index (χ1v) is 5.28. The zero-order valence-electron chi connectivity index (χ0n) is 8.87. The minimum Gasteiger partial charge on any atom is -0.268 e. The van der Waals surface area contributed by atoms with E-state index in [0.29, 0.717) is 0 Å². The van der Waals surface area contributed by atoms with Crippen LogP contribution in [0.15, 0.2) is 30.5 Å². The molecule has 2 aromatic rings. The quantitative estimate of drug-likeness (QED) is 0.760. The van der Waals surface area contributed by atoms with E-state index >= 15 is 0 Å². The van der Waals surface area contributed by atoms with E-state index in [2.05, 4.69) is 12.0 Å². The minimum atomic E-state index is 0.777. The third-order valence-electron chi connectivity index (χ3n) is 2.42. The predicted octanol–water partition coefficient (Wildman–Crippen LogP) is 3.20. The average Bonchev–Trinajstić information content (AvgIpc) is 2.58. The molecular formula is C12H13ClN2. The van der Waals surface area contributed by atoms with Gasteiger partial charge in [0, 0.05) is 11.2 Å². The molecule has 0 aliphatic heterocycles. The molecule has 15 heavy (non-hydrogen) atoms. The van der Waals surface area contributed by atoms with Gasteiger partial charge < -0.3 is 0 Å². The monoisotopic (exact) mass is 220 g/mol. The molecule has 0 aliphatic rings. The number of hydrogen-bond acceptors (Lipinski definition) is 1. The molecule has 0 radical (unpaired) electrons. The maximum Gasteiger partial charge on any atom is 0.0662 e. The number of rotatable bonds is 2. The van der Waals surface area contributed by atoms with Crippen molar-refractivity contribution in [3.8, 4) is 0 Å². The van der Waals surface area contributed by atoms with E-state index in [4.69, 9.17) is 11.6 Å². The highest BCUT2D eigenvalue weighted by Gasteiger charge is 2.01. The normalized spacial score (nSPS) is 10.6. The maximum atomic E-state index is 5.96. The van der Waals surface area contributed by atoms with Crippen molar-refractivity contribution in [2.24, 2.45) is 0 Å². The van der Waals surface area contributed by atoms with E-state index in [-0.39, 0.29) is 0 Å². The molecule has 78 valence electrons. The summed E-state index contributed by atoms with van der Waals surface area (Å²) in [5, 5.41) is 5.13. The van der Waals surface area contributed by atoms with Gasteiger partial charge in [0.05, 0.1) is 12.2 Å². The maximum absolute atomic E-state index is 5.96. The van der Waals surface area contributed by atoms with Crippen LogP contribution in [0.1, 0.15) is 16.8 Å². The molecule has 0 atom stereocenters. The van der Waals surface area contributed by atoms with Crippen molar-refractivity contribution in [3.05, 3.63) is 52.3 Å². The third-order valence-corrected chi connectivity index (χ3v) is 2.65. The molecule has 3 heteroatoms. The summed E-state index contributed by atoms with van der Waals surface area (Å²) in [6.07, 6.45) is 1.98. The summed E-state index contributed by atoms with van der Waals surface area (Å²) in [6.45, 7) is 4.85. The Hall–Kier alpha value is -1.28. The molecule has 0 spiro atoms. The second kappa shape index (κ2) is 4.07. The van der Waals surface area contributed by atoms with Gasteiger partial charge in [-0.3, -0.25) is 4.68 Å². The lowest BCUT2D eigenvalue weighted by atomic mass is 10.1. The fourth-order valence-electron chi connectivity index (χ4n) is 1.54. The lowest BCUT2D eigenvalue weighted by molar-refractivity contribution is 0.677. The zero-order chi connectivity index (χ0) is 10.8. The van der Waals surface area contributed by atoms with Gasteiger partial charge in [0.1, 0.15) is 0 Å². The Morgan fingerprint density at radius 3 is 2.73 bits per heavy atom. The number of nitrogens with zero attached hydrogens (tertiary/aromatic N) is 2. The Kier molecular flexibility index (Phi) is 2.78. The summed E-state index contributed by atoms with van der Waals surface area (Å²) < 4.78 is 1.92. The molecule has 1 heterocycles. The van der Waals surface area contributed by atoms with E-state index in [9.17, 15) is 0 Å². The molecule has 0 saturated heterocycles. The Balaban J connectivity index is 2.27. The largest absolute Gasteiger partial charge is 0.268 e. The molecular weight excluding hydrogens is 208 g/mol. The highest BCUT2D eigenvalue weighted by atomic mass is 35.5. The van der Waals surface area contributed by atoms with Crippen LogP contribution < -0.4 is 0 Å². The van der Waals surface area contributed by atoms with Gasteiger partial charge in [-0.05, 0) is 43.2 Å². The second-order valence-electron chi connectivity index (χ2n) is 3.73. The van der Waals surface area contributed by atoms with Gasteiger partial charge >= 0.3 is 0 Å². The van der Waals surface area contributed by atoms with Crippen molar-refractivity contribution in [3.63, 3.8) is 0 Å². The molecule has 0 amide bonds. The van der Waals surface area contributed by atoms with Crippen molar-refractivity contribution < 1.29 is 0 Å². The number of benzene rings is 1. The van der Waals surface area contributed by atoms with E-state index in [0.717, 1.165) is 17.3 Å². The molecule has 0 aliphatic carbocycles. The Morgan fingerprint density at radius 2 is 2.07 bits per heavy atom. The van der Waals surface area contributed by atoms with Crippen molar-refractivity contribution in [1.82, 2.24) is 9.78 Å². The molecule has 0 saturated carbocycles. The first-order valence-electron chi connectivity index (χ1n) is 4.90. The smallest absolute Gasteiger partial charge is 0.0662 e. The minimum absolute atomic E-state index is 0.777.